The minimum absolute atomic E-state index is 0.115. The first kappa shape index (κ1) is 15.7. The minimum Gasteiger partial charge on any atom is -0.494 e. The maximum absolute atomic E-state index is 12.4. The van der Waals surface area contributed by atoms with Gasteiger partial charge in [0.25, 0.3) is 5.91 Å². The summed E-state index contributed by atoms with van der Waals surface area (Å²) in [6.45, 7) is 0. The van der Waals surface area contributed by atoms with Crippen LogP contribution in [0, 0.1) is 0 Å². The Balaban J connectivity index is 1.61. The monoisotopic (exact) mass is 375 g/mol. The number of benzene rings is 1. The molecule has 0 unspecified atom stereocenters. The van der Waals surface area contributed by atoms with Crippen LogP contribution in [-0.2, 0) is 0 Å². The van der Waals surface area contributed by atoms with Crippen molar-refractivity contribution in [2.24, 2.45) is 0 Å². The van der Waals surface area contributed by atoms with Crippen LogP contribution in [0.1, 0.15) is 10.5 Å². The second-order valence-electron chi connectivity index (χ2n) is 4.95. The number of halogens is 1. The van der Waals surface area contributed by atoms with Crippen molar-refractivity contribution in [1.29, 1.82) is 0 Å². The van der Waals surface area contributed by atoms with Gasteiger partial charge in [0.05, 0.1) is 23.1 Å². The van der Waals surface area contributed by atoms with Gasteiger partial charge in [-0.15, -0.1) is 0 Å². The number of furan rings is 1. The number of carbonyl (C=O) groups is 1. The molecule has 0 saturated carbocycles. The molecule has 0 aliphatic rings. The summed E-state index contributed by atoms with van der Waals surface area (Å²) >= 11 is 7.43. The molecular formula is C16H10ClN3O4S. The Hall–Kier alpha value is -2.84. The summed E-state index contributed by atoms with van der Waals surface area (Å²) in [5, 5.41) is 7.36. The molecule has 1 amide bonds. The fraction of sp³-hybridized carbons (Fsp3) is 0.0625. The number of rotatable bonds is 4. The zero-order valence-corrected chi connectivity index (χ0v) is 14.4. The van der Waals surface area contributed by atoms with Crippen LogP contribution in [0.2, 0.25) is 5.02 Å². The number of amides is 1. The van der Waals surface area contributed by atoms with E-state index in [4.69, 9.17) is 25.3 Å². The number of nitrogens with zero attached hydrogens (tertiary/aromatic N) is 2. The Morgan fingerprint density at radius 2 is 2.20 bits per heavy atom. The molecule has 25 heavy (non-hydrogen) atoms. The van der Waals surface area contributed by atoms with Gasteiger partial charge in [0.15, 0.2) is 16.6 Å². The first-order chi connectivity index (χ1) is 12.2. The van der Waals surface area contributed by atoms with E-state index in [1.54, 1.807) is 31.4 Å². The van der Waals surface area contributed by atoms with Crippen molar-refractivity contribution in [2.75, 3.05) is 12.4 Å². The molecule has 3 heterocycles. The zero-order valence-electron chi connectivity index (χ0n) is 12.8. The van der Waals surface area contributed by atoms with Crippen molar-refractivity contribution < 1.29 is 18.5 Å². The van der Waals surface area contributed by atoms with E-state index < -0.39 is 5.91 Å². The molecule has 0 atom stereocenters. The molecular weight excluding hydrogens is 366 g/mol. The highest BCUT2D eigenvalue weighted by Crippen LogP contribution is 2.37. The molecule has 4 aromatic rings. The van der Waals surface area contributed by atoms with Gasteiger partial charge < -0.3 is 13.7 Å². The summed E-state index contributed by atoms with van der Waals surface area (Å²) in [6.07, 6.45) is 1.51. The number of hydrogen-bond donors (Lipinski definition) is 1. The van der Waals surface area contributed by atoms with Crippen molar-refractivity contribution in [2.45, 2.75) is 0 Å². The zero-order chi connectivity index (χ0) is 17.4. The van der Waals surface area contributed by atoms with Crippen LogP contribution in [-0.4, -0.2) is 23.2 Å². The molecule has 1 aromatic carbocycles. The first-order valence-electron chi connectivity index (χ1n) is 7.10. The SMILES string of the molecule is COc1ccc(Cl)c2sc(NC(=O)c3cc(-c4ccco4)on3)nc12. The van der Waals surface area contributed by atoms with Crippen LogP contribution in [0.4, 0.5) is 5.13 Å². The van der Waals surface area contributed by atoms with Crippen LogP contribution >= 0.6 is 22.9 Å². The topological polar surface area (TPSA) is 90.4 Å². The highest BCUT2D eigenvalue weighted by atomic mass is 35.5. The number of nitrogens with one attached hydrogen (secondary N) is 1. The molecule has 0 aliphatic carbocycles. The standard InChI is InChI=1S/C16H10ClN3O4S/c1-22-11-5-4-8(17)14-13(11)18-16(25-14)19-15(21)9-7-12(24-20-9)10-3-2-6-23-10/h2-7H,1H3,(H,18,19,21). The van der Waals surface area contributed by atoms with Crippen molar-refractivity contribution >= 4 is 44.2 Å². The second kappa shape index (κ2) is 6.23. The molecule has 0 spiro atoms. The second-order valence-corrected chi connectivity index (χ2v) is 6.36. The van der Waals surface area contributed by atoms with Crippen molar-refractivity contribution in [3.63, 3.8) is 0 Å². The molecule has 3 aromatic heterocycles. The van der Waals surface area contributed by atoms with E-state index in [9.17, 15) is 4.79 Å². The van der Waals surface area contributed by atoms with E-state index >= 15 is 0 Å². The number of methoxy groups -OCH3 is 1. The van der Waals surface area contributed by atoms with E-state index in [0.29, 0.717) is 32.9 Å². The normalized spacial score (nSPS) is 11.0. The number of anilines is 1. The van der Waals surface area contributed by atoms with Gasteiger partial charge >= 0.3 is 0 Å². The van der Waals surface area contributed by atoms with Crippen molar-refractivity contribution in [3.8, 4) is 17.3 Å². The van der Waals surface area contributed by atoms with Crippen LogP contribution in [0.15, 0.2) is 45.5 Å². The summed E-state index contributed by atoms with van der Waals surface area (Å²) in [5.74, 6) is 0.987. The highest BCUT2D eigenvalue weighted by molar-refractivity contribution is 7.23. The largest absolute Gasteiger partial charge is 0.494 e. The summed E-state index contributed by atoms with van der Waals surface area (Å²) in [6, 6.07) is 8.37. The quantitative estimate of drug-likeness (QED) is 0.566. The predicted octanol–water partition coefficient (Wildman–Crippen LogP) is 4.46. The Morgan fingerprint density at radius 3 is 2.96 bits per heavy atom. The van der Waals surface area contributed by atoms with Gasteiger partial charge in [-0.3, -0.25) is 10.1 Å². The Bertz CT molecular complexity index is 1050. The maximum atomic E-state index is 12.4. The summed E-state index contributed by atoms with van der Waals surface area (Å²) in [7, 11) is 1.55. The first-order valence-corrected chi connectivity index (χ1v) is 8.30. The highest BCUT2D eigenvalue weighted by Gasteiger charge is 2.18. The Labute approximate surface area is 150 Å². The molecule has 0 radical (unpaired) electrons. The van der Waals surface area contributed by atoms with Gasteiger partial charge in [0.1, 0.15) is 11.3 Å². The predicted molar refractivity (Wildman–Crippen MR) is 93.3 cm³/mol. The molecule has 0 saturated heterocycles. The van der Waals surface area contributed by atoms with Crippen LogP contribution in [0.5, 0.6) is 5.75 Å². The van der Waals surface area contributed by atoms with E-state index in [2.05, 4.69) is 15.5 Å². The fourth-order valence-corrected chi connectivity index (χ4v) is 3.40. The average molecular weight is 376 g/mol. The summed E-state index contributed by atoms with van der Waals surface area (Å²) in [5.41, 5.74) is 0.704. The van der Waals surface area contributed by atoms with Gasteiger partial charge in [-0.2, -0.15) is 0 Å². The Kier molecular flexibility index (Phi) is 3.90. The third-order valence-corrected chi connectivity index (χ3v) is 4.84. The lowest BCUT2D eigenvalue weighted by atomic mass is 10.3. The lowest BCUT2D eigenvalue weighted by Gasteiger charge is -2.00. The third-order valence-electron chi connectivity index (χ3n) is 3.41. The number of aromatic nitrogens is 2. The lowest BCUT2D eigenvalue weighted by molar-refractivity contribution is 0.101. The molecule has 0 bridgehead atoms. The molecule has 0 aliphatic heterocycles. The number of carbonyl (C=O) groups excluding carboxylic acids is 1. The molecule has 1 N–H and O–H groups in total. The van der Waals surface area contributed by atoms with E-state index in [1.165, 1.54) is 23.7 Å². The number of hydrogen-bond acceptors (Lipinski definition) is 7. The maximum Gasteiger partial charge on any atom is 0.279 e. The van der Waals surface area contributed by atoms with Gasteiger partial charge in [-0.1, -0.05) is 28.1 Å². The average Bonchev–Trinajstić information content (AvgIpc) is 3.34. The molecule has 7 nitrogen and oxygen atoms in total. The summed E-state index contributed by atoms with van der Waals surface area (Å²) in [4.78, 5) is 16.7. The van der Waals surface area contributed by atoms with Gasteiger partial charge in [-0.25, -0.2) is 4.98 Å². The third kappa shape index (κ3) is 2.86. The van der Waals surface area contributed by atoms with Gasteiger partial charge in [0.2, 0.25) is 5.76 Å². The minimum atomic E-state index is -0.448. The lowest BCUT2D eigenvalue weighted by Crippen LogP contribution is -2.11. The molecule has 9 heteroatoms. The van der Waals surface area contributed by atoms with E-state index in [1.807, 2.05) is 0 Å². The van der Waals surface area contributed by atoms with E-state index in [-0.39, 0.29) is 5.69 Å². The number of ether oxygens (including phenoxy) is 1. The number of fused-ring (bicyclic) bond motifs is 1. The molecule has 4 rings (SSSR count). The van der Waals surface area contributed by atoms with Gasteiger partial charge in [0, 0.05) is 6.07 Å². The summed E-state index contributed by atoms with van der Waals surface area (Å²) < 4.78 is 16.3. The van der Waals surface area contributed by atoms with Crippen LogP contribution in [0.3, 0.4) is 0 Å². The number of thiazole rings is 1. The van der Waals surface area contributed by atoms with Crippen LogP contribution in [0.25, 0.3) is 21.7 Å². The molecule has 0 fully saturated rings. The fourth-order valence-electron chi connectivity index (χ4n) is 2.25. The van der Waals surface area contributed by atoms with Crippen molar-refractivity contribution in [3.05, 3.63) is 47.3 Å². The van der Waals surface area contributed by atoms with Gasteiger partial charge in [-0.05, 0) is 24.3 Å². The molecule has 126 valence electrons. The van der Waals surface area contributed by atoms with E-state index in [0.717, 1.165) is 4.70 Å². The smallest absolute Gasteiger partial charge is 0.279 e. The van der Waals surface area contributed by atoms with Crippen LogP contribution < -0.4 is 10.1 Å². The van der Waals surface area contributed by atoms with Crippen molar-refractivity contribution in [1.82, 2.24) is 10.1 Å². The Morgan fingerprint density at radius 1 is 1.32 bits per heavy atom.